The summed E-state index contributed by atoms with van der Waals surface area (Å²) < 4.78 is 4.86. The molecule has 8 heteroatoms. The van der Waals surface area contributed by atoms with Gasteiger partial charge in [-0.1, -0.05) is 18.2 Å². The lowest BCUT2D eigenvalue weighted by Crippen LogP contribution is -2.55. The van der Waals surface area contributed by atoms with Crippen LogP contribution in [0.4, 0.5) is 16.2 Å². The number of anilines is 2. The lowest BCUT2D eigenvalue weighted by molar-refractivity contribution is 0.0697. The van der Waals surface area contributed by atoms with Gasteiger partial charge in [-0.25, -0.2) is 9.59 Å². The van der Waals surface area contributed by atoms with E-state index in [0.717, 1.165) is 32.4 Å². The minimum Gasteiger partial charge on any atom is -0.477 e. The Balaban J connectivity index is 1.54. The Bertz CT molecular complexity index is 835. The number of carboxylic acid groups (broad SMARTS) is 1. The van der Waals surface area contributed by atoms with Crippen molar-refractivity contribution in [2.24, 2.45) is 0 Å². The van der Waals surface area contributed by atoms with Crippen LogP contribution in [0.3, 0.4) is 0 Å². The molecule has 0 aliphatic carbocycles. The summed E-state index contributed by atoms with van der Waals surface area (Å²) in [4.78, 5) is 27.9. The summed E-state index contributed by atoms with van der Waals surface area (Å²) >= 11 is 0. The molecule has 1 unspecified atom stereocenters. The third-order valence-electron chi connectivity index (χ3n) is 5.10. The fourth-order valence-corrected chi connectivity index (χ4v) is 3.64. The molecule has 8 nitrogen and oxygen atoms in total. The molecule has 1 fully saturated rings. The van der Waals surface area contributed by atoms with Crippen molar-refractivity contribution in [2.45, 2.75) is 26.9 Å². The first-order valence-corrected chi connectivity index (χ1v) is 9.29. The SMILES string of the molecule is Cc1cccc(C)c1N1CCN(C(C)NC(=O)Nc2cocc2C(=O)O)CC1. The second-order valence-corrected chi connectivity index (χ2v) is 7.04. The van der Waals surface area contributed by atoms with Crippen molar-refractivity contribution in [1.82, 2.24) is 10.2 Å². The highest BCUT2D eigenvalue weighted by molar-refractivity contribution is 5.99. The van der Waals surface area contributed by atoms with E-state index >= 15 is 0 Å². The van der Waals surface area contributed by atoms with E-state index in [0.29, 0.717) is 0 Å². The normalized spacial score (nSPS) is 15.9. The molecular weight excluding hydrogens is 360 g/mol. The van der Waals surface area contributed by atoms with Gasteiger partial charge in [-0.2, -0.15) is 0 Å². The number of furan rings is 1. The molecule has 1 saturated heterocycles. The van der Waals surface area contributed by atoms with Crippen molar-refractivity contribution < 1.29 is 19.1 Å². The first kappa shape index (κ1) is 19.8. The number of carbonyl (C=O) groups is 2. The maximum Gasteiger partial charge on any atom is 0.341 e. The number of carboxylic acids is 1. The van der Waals surface area contributed by atoms with E-state index in [1.807, 2.05) is 6.92 Å². The second kappa shape index (κ2) is 8.35. The molecule has 3 N–H and O–H groups in total. The van der Waals surface area contributed by atoms with Gasteiger partial charge in [-0.15, -0.1) is 0 Å². The van der Waals surface area contributed by atoms with E-state index in [4.69, 9.17) is 9.52 Å². The summed E-state index contributed by atoms with van der Waals surface area (Å²) in [5.41, 5.74) is 3.89. The number of para-hydroxylation sites is 1. The summed E-state index contributed by atoms with van der Waals surface area (Å²) in [7, 11) is 0. The van der Waals surface area contributed by atoms with Crippen LogP contribution in [0.25, 0.3) is 0 Å². The summed E-state index contributed by atoms with van der Waals surface area (Å²) in [6, 6.07) is 5.87. The zero-order chi connectivity index (χ0) is 20.3. The fraction of sp³-hybridized carbons (Fsp3) is 0.400. The number of piperazine rings is 1. The van der Waals surface area contributed by atoms with Crippen molar-refractivity contribution in [3.05, 3.63) is 47.4 Å². The molecular formula is C20H26N4O4. The van der Waals surface area contributed by atoms with Gasteiger partial charge in [-0.3, -0.25) is 4.90 Å². The van der Waals surface area contributed by atoms with Crippen LogP contribution in [-0.4, -0.2) is 54.4 Å². The quantitative estimate of drug-likeness (QED) is 0.731. The number of carbonyl (C=O) groups excluding carboxylic acids is 1. The predicted molar refractivity (Wildman–Crippen MR) is 107 cm³/mol. The summed E-state index contributed by atoms with van der Waals surface area (Å²) in [6.07, 6.45) is 2.12. The molecule has 0 radical (unpaired) electrons. The van der Waals surface area contributed by atoms with Crippen LogP contribution in [-0.2, 0) is 0 Å². The molecule has 28 heavy (non-hydrogen) atoms. The molecule has 150 valence electrons. The lowest BCUT2D eigenvalue weighted by Gasteiger charge is -2.40. The van der Waals surface area contributed by atoms with Crippen LogP contribution < -0.4 is 15.5 Å². The van der Waals surface area contributed by atoms with Gasteiger partial charge in [0.15, 0.2) is 0 Å². The van der Waals surface area contributed by atoms with Crippen LogP contribution in [0.1, 0.15) is 28.4 Å². The molecule has 2 amide bonds. The Morgan fingerprint density at radius 3 is 2.36 bits per heavy atom. The monoisotopic (exact) mass is 386 g/mol. The molecule has 1 aromatic carbocycles. The average molecular weight is 386 g/mol. The standard InChI is InChI=1S/C20H26N4O4/c1-13-5-4-6-14(2)18(13)24-9-7-23(8-10-24)15(3)21-20(27)22-17-12-28-11-16(17)19(25)26/h4-6,11-12,15H,7-10H2,1-3H3,(H,25,26)(H2,21,22,27). The van der Waals surface area contributed by atoms with Crippen LogP contribution in [0.15, 0.2) is 35.1 Å². The van der Waals surface area contributed by atoms with Gasteiger partial charge in [0.2, 0.25) is 0 Å². The number of amides is 2. The highest BCUT2D eigenvalue weighted by atomic mass is 16.4. The number of hydrogen-bond acceptors (Lipinski definition) is 5. The molecule has 1 aliphatic heterocycles. The minimum absolute atomic E-state index is 0.0787. The molecule has 1 aliphatic rings. The number of rotatable bonds is 5. The topological polar surface area (TPSA) is 98.0 Å². The number of benzene rings is 1. The number of nitrogens with zero attached hydrogens (tertiary/aromatic N) is 2. The molecule has 3 rings (SSSR count). The van der Waals surface area contributed by atoms with E-state index in [9.17, 15) is 9.59 Å². The third kappa shape index (κ3) is 4.28. The van der Waals surface area contributed by atoms with Crippen molar-refractivity contribution in [3.8, 4) is 0 Å². The number of nitrogens with one attached hydrogen (secondary N) is 2. The van der Waals surface area contributed by atoms with Crippen LogP contribution in [0.5, 0.6) is 0 Å². The van der Waals surface area contributed by atoms with Gasteiger partial charge in [0.1, 0.15) is 18.1 Å². The van der Waals surface area contributed by atoms with E-state index < -0.39 is 12.0 Å². The molecule has 1 aromatic heterocycles. The van der Waals surface area contributed by atoms with Gasteiger partial charge in [0.25, 0.3) is 0 Å². The Labute approximate surface area is 164 Å². The maximum atomic E-state index is 12.2. The number of urea groups is 1. The van der Waals surface area contributed by atoms with Gasteiger partial charge in [0.05, 0.1) is 11.9 Å². The zero-order valence-corrected chi connectivity index (χ0v) is 16.4. The predicted octanol–water partition coefficient (Wildman–Crippen LogP) is 2.88. The molecule has 2 aromatic rings. The summed E-state index contributed by atoms with van der Waals surface area (Å²) in [6.45, 7) is 9.58. The minimum atomic E-state index is -1.15. The third-order valence-corrected chi connectivity index (χ3v) is 5.10. The van der Waals surface area contributed by atoms with Gasteiger partial charge < -0.3 is 25.1 Å². The van der Waals surface area contributed by atoms with E-state index in [1.165, 1.54) is 23.1 Å². The van der Waals surface area contributed by atoms with Crippen LogP contribution in [0, 0.1) is 13.8 Å². The number of aryl methyl sites for hydroxylation is 2. The molecule has 0 bridgehead atoms. The van der Waals surface area contributed by atoms with E-state index in [1.54, 1.807) is 0 Å². The van der Waals surface area contributed by atoms with E-state index in [2.05, 4.69) is 52.5 Å². The first-order valence-electron chi connectivity index (χ1n) is 9.29. The lowest BCUT2D eigenvalue weighted by atomic mass is 10.1. The summed E-state index contributed by atoms with van der Waals surface area (Å²) in [5.74, 6) is -1.15. The molecule has 2 heterocycles. The number of aromatic carboxylic acids is 1. The van der Waals surface area contributed by atoms with Crippen LogP contribution in [0.2, 0.25) is 0 Å². The van der Waals surface area contributed by atoms with Crippen molar-refractivity contribution in [3.63, 3.8) is 0 Å². The van der Waals surface area contributed by atoms with Gasteiger partial charge in [0, 0.05) is 31.9 Å². The molecule has 0 saturated carbocycles. The Kier molecular flexibility index (Phi) is 5.89. The fourth-order valence-electron chi connectivity index (χ4n) is 3.64. The number of hydrogen-bond donors (Lipinski definition) is 3. The first-order chi connectivity index (χ1) is 13.4. The Morgan fingerprint density at radius 2 is 1.75 bits per heavy atom. The van der Waals surface area contributed by atoms with E-state index in [-0.39, 0.29) is 17.4 Å². The van der Waals surface area contributed by atoms with Gasteiger partial charge in [-0.05, 0) is 31.9 Å². The smallest absolute Gasteiger partial charge is 0.341 e. The van der Waals surface area contributed by atoms with Gasteiger partial charge >= 0.3 is 12.0 Å². The highest BCUT2D eigenvalue weighted by Crippen LogP contribution is 2.25. The summed E-state index contributed by atoms with van der Waals surface area (Å²) in [5, 5.41) is 14.5. The van der Waals surface area contributed by atoms with Crippen molar-refractivity contribution in [1.29, 1.82) is 0 Å². The second-order valence-electron chi connectivity index (χ2n) is 7.04. The maximum absolute atomic E-state index is 12.2. The average Bonchev–Trinajstić information content (AvgIpc) is 3.10. The van der Waals surface area contributed by atoms with Crippen molar-refractivity contribution in [2.75, 3.05) is 36.4 Å². The largest absolute Gasteiger partial charge is 0.477 e. The molecule has 1 atom stereocenters. The Morgan fingerprint density at radius 1 is 1.11 bits per heavy atom. The highest BCUT2D eigenvalue weighted by Gasteiger charge is 2.24. The molecule has 0 spiro atoms. The Hall–Kier alpha value is -3.00. The van der Waals surface area contributed by atoms with Crippen molar-refractivity contribution >= 4 is 23.4 Å². The zero-order valence-electron chi connectivity index (χ0n) is 16.4. The van der Waals surface area contributed by atoms with Crippen LogP contribution >= 0.6 is 0 Å².